The zero-order chi connectivity index (χ0) is 9.42. The Bertz CT molecular complexity index is 479. The van der Waals surface area contributed by atoms with E-state index >= 15 is 0 Å². The van der Waals surface area contributed by atoms with Gasteiger partial charge in [-0.3, -0.25) is 0 Å². The van der Waals surface area contributed by atoms with Gasteiger partial charge in [-0.1, -0.05) is 6.07 Å². The highest BCUT2D eigenvalue weighted by Crippen LogP contribution is 2.07. The quantitative estimate of drug-likeness (QED) is 0.849. The number of carbonyl (C=O) groups is 1. The number of aryl methyl sites for hydroxylation is 1. The number of aromatic carboxylic acids is 1. The Labute approximate surface area is 91.0 Å². The summed E-state index contributed by atoms with van der Waals surface area (Å²) in [6.07, 6.45) is 1.52. The molecule has 0 aliphatic heterocycles. The van der Waals surface area contributed by atoms with E-state index in [0.717, 1.165) is 5.69 Å². The number of carboxylic acid groups (broad SMARTS) is 1. The number of nitrogens with zero attached hydrogens (tertiary/aromatic N) is 2. The number of imidazole rings is 1. The lowest BCUT2D eigenvalue weighted by atomic mass is 10.4. The molecule has 0 fully saturated rings. The van der Waals surface area contributed by atoms with Crippen LogP contribution < -0.4 is 0 Å². The van der Waals surface area contributed by atoms with E-state index in [4.69, 9.17) is 5.11 Å². The van der Waals surface area contributed by atoms with Crippen molar-refractivity contribution >= 4 is 28.6 Å². The highest BCUT2D eigenvalue weighted by molar-refractivity contribution is 8.93. The number of hydrogen-bond acceptors (Lipinski definition) is 2. The molecule has 0 aliphatic carbocycles. The molecular weight excluding hydrogens is 248 g/mol. The largest absolute Gasteiger partial charge is 0.476 e. The zero-order valence-electron chi connectivity index (χ0n) is 7.47. The van der Waals surface area contributed by atoms with Gasteiger partial charge in [-0.15, -0.1) is 17.0 Å². The summed E-state index contributed by atoms with van der Waals surface area (Å²) in [5.74, 6) is -0.997. The molecule has 2 rings (SSSR count). The Hall–Kier alpha value is -1.36. The summed E-state index contributed by atoms with van der Waals surface area (Å²) in [4.78, 5) is 14.5. The van der Waals surface area contributed by atoms with Crippen LogP contribution in [0.5, 0.6) is 0 Å². The molecular formula is C9H9BrN2O2. The van der Waals surface area contributed by atoms with E-state index in [1.54, 1.807) is 10.5 Å². The van der Waals surface area contributed by atoms with E-state index in [9.17, 15) is 4.79 Å². The predicted molar refractivity (Wildman–Crippen MR) is 57.2 cm³/mol. The van der Waals surface area contributed by atoms with Crippen molar-refractivity contribution in [3.05, 3.63) is 35.8 Å². The molecule has 0 saturated heterocycles. The van der Waals surface area contributed by atoms with Gasteiger partial charge in [0.25, 0.3) is 0 Å². The highest BCUT2D eigenvalue weighted by atomic mass is 79.9. The molecule has 0 radical (unpaired) electrons. The Balaban J connectivity index is 0.000000980. The van der Waals surface area contributed by atoms with Crippen LogP contribution in [-0.2, 0) is 0 Å². The Morgan fingerprint density at radius 2 is 2.21 bits per heavy atom. The van der Waals surface area contributed by atoms with Crippen molar-refractivity contribution in [3.8, 4) is 0 Å². The van der Waals surface area contributed by atoms with Crippen LogP contribution in [0.25, 0.3) is 5.65 Å². The fourth-order valence-electron chi connectivity index (χ4n) is 1.25. The van der Waals surface area contributed by atoms with Crippen molar-refractivity contribution in [1.82, 2.24) is 9.38 Å². The van der Waals surface area contributed by atoms with Crippen LogP contribution in [-0.4, -0.2) is 20.5 Å². The van der Waals surface area contributed by atoms with Gasteiger partial charge in [0.05, 0.1) is 0 Å². The van der Waals surface area contributed by atoms with E-state index in [1.807, 2.05) is 19.1 Å². The summed E-state index contributed by atoms with van der Waals surface area (Å²) in [6.45, 7) is 1.90. The van der Waals surface area contributed by atoms with Crippen molar-refractivity contribution in [2.75, 3.05) is 0 Å². The zero-order valence-corrected chi connectivity index (χ0v) is 9.18. The molecule has 2 aromatic heterocycles. The average molecular weight is 257 g/mol. The minimum atomic E-state index is -0.997. The second-order valence-corrected chi connectivity index (χ2v) is 2.83. The minimum absolute atomic E-state index is 0. The fourth-order valence-corrected chi connectivity index (χ4v) is 1.25. The normalized spacial score (nSPS) is 9.79. The molecule has 5 heteroatoms. The first kappa shape index (κ1) is 10.7. The number of aromatic nitrogens is 2. The first-order chi connectivity index (χ1) is 6.18. The van der Waals surface area contributed by atoms with Crippen LogP contribution in [0.1, 0.15) is 16.2 Å². The molecule has 0 unspecified atom stereocenters. The third-order valence-electron chi connectivity index (χ3n) is 1.92. The molecule has 0 atom stereocenters. The molecule has 74 valence electrons. The van der Waals surface area contributed by atoms with Gasteiger partial charge >= 0.3 is 5.97 Å². The molecule has 0 bridgehead atoms. The fraction of sp³-hybridized carbons (Fsp3) is 0.111. The highest BCUT2D eigenvalue weighted by Gasteiger charge is 2.08. The SMILES string of the molecule is Br.Cc1cccc2nc(C(=O)O)cn12. The van der Waals surface area contributed by atoms with Crippen LogP contribution in [0.4, 0.5) is 0 Å². The summed E-state index contributed by atoms with van der Waals surface area (Å²) < 4.78 is 1.75. The molecule has 2 heterocycles. The maximum absolute atomic E-state index is 10.6. The number of hydrogen-bond donors (Lipinski definition) is 1. The minimum Gasteiger partial charge on any atom is -0.476 e. The summed E-state index contributed by atoms with van der Waals surface area (Å²) in [5, 5.41) is 8.70. The van der Waals surface area contributed by atoms with Crippen molar-refractivity contribution in [1.29, 1.82) is 0 Å². The van der Waals surface area contributed by atoms with Gasteiger partial charge in [-0.05, 0) is 19.1 Å². The predicted octanol–water partition coefficient (Wildman–Crippen LogP) is 1.92. The number of rotatable bonds is 1. The summed E-state index contributed by atoms with van der Waals surface area (Å²) in [7, 11) is 0. The first-order valence-electron chi connectivity index (χ1n) is 3.86. The molecule has 0 amide bonds. The average Bonchev–Trinajstić information content (AvgIpc) is 2.49. The van der Waals surface area contributed by atoms with E-state index in [2.05, 4.69) is 4.98 Å². The Morgan fingerprint density at radius 1 is 1.50 bits per heavy atom. The van der Waals surface area contributed by atoms with Crippen LogP contribution in [0.15, 0.2) is 24.4 Å². The van der Waals surface area contributed by atoms with Gasteiger partial charge in [-0.2, -0.15) is 0 Å². The number of halogens is 1. The molecule has 4 nitrogen and oxygen atoms in total. The summed E-state index contributed by atoms with van der Waals surface area (Å²) in [6, 6.07) is 5.53. The molecule has 1 N–H and O–H groups in total. The molecule has 0 aromatic carbocycles. The Kier molecular flexibility index (Phi) is 2.90. The third kappa shape index (κ3) is 1.63. The number of fused-ring (bicyclic) bond motifs is 1. The van der Waals surface area contributed by atoms with Gasteiger partial charge in [0.1, 0.15) is 5.65 Å². The van der Waals surface area contributed by atoms with Gasteiger partial charge in [-0.25, -0.2) is 9.78 Å². The molecule has 0 aliphatic rings. The van der Waals surface area contributed by atoms with E-state index in [0.29, 0.717) is 5.65 Å². The van der Waals surface area contributed by atoms with E-state index in [-0.39, 0.29) is 22.7 Å². The Morgan fingerprint density at radius 3 is 2.79 bits per heavy atom. The third-order valence-corrected chi connectivity index (χ3v) is 1.92. The number of pyridine rings is 1. The molecule has 0 saturated carbocycles. The van der Waals surface area contributed by atoms with Gasteiger partial charge in [0, 0.05) is 11.9 Å². The van der Waals surface area contributed by atoms with E-state index < -0.39 is 5.97 Å². The first-order valence-corrected chi connectivity index (χ1v) is 3.86. The second-order valence-electron chi connectivity index (χ2n) is 2.83. The van der Waals surface area contributed by atoms with Gasteiger partial charge in [0.15, 0.2) is 5.69 Å². The van der Waals surface area contributed by atoms with Crippen LogP contribution in [0, 0.1) is 6.92 Å². The smallest absolute Gasteiger partial charge is 0.356 e. The van der Waals surface area contributed by atoms with Crippen molar-refractivity contribution < 1.29 is 9.90 Å². The standard InChI is InChI=1S/C9H8N2O2.BrH/c1-6-3-2-4-8-10-7(9(12)13)5-11(6)8;/h2-5H,1H3,(H,12,13);1H. The van der Waals surface area contributed by atoms with Crippen molar-refractivity contribution in [2.45, 2.75) is 6.92 Å². The van der Waals surface area contributed by atoms with Crippen LogP contribution in [0.3, 0.4) is 0 Å². The van der Waals surface area contributed by atoms with Crippen molar-refractivity contribution in [2.24, 2.45) is 0 Å². The summed E-state index contributed by atoms with van der Waals surface area (Å²) in [5.41, 5.74) is 1.71. The van der Waals surface area contributed by atoms with Crippen LogP contribution in [0.2, 0.25) is 0 Å². The molecule has 2 aromatic rings. The lowest BCUT2D eigenvalue weighted by Crippen LogP contribution is -1.95. The lowest BCUT2D eigenvalue weighted by Gasteiger charge is -1.95. The maximum atomic E-state index is 10.6. The molecule has 14 heavy (non-hydrogen) atoms. The van der Waals surface area contributed by atoms with Crippen LogP contribution >= 0.6 is 17.0 Å². The van der Waals surface area contributed by atoms with E-state index in [1.165, 1.54) is 6.20 Å². The topological polar surface area (TPSA) is 54.6 Å². The van der Waals surface area contributed by atoms with Gasteiger partial charge in [0.2, 0.25) is 0 Å². The van der Waals surface area contributed by atoms with Gasteiger partial charge < -0.3 is 9.51 Å². The van der Waals surface area contributed by atoms with Crippen molar-refractivity contribution in [3.63, 3.8) is 0 Å². The monoisotopic (exact) mass is 256 g/mol. The molecule has 0 spiro atoms. The second kappa shape index (κ2) is 3.79. The number of carboxylic acids is 1. The summed E-state index contributed by atoms with van der Waals surface area (Å²) >= 11 is 0. The maximum Gasteiger partial charge on any atom is 0.356 e. The lowest BCUT2D eigenvalue weighted by molar-refractivity contribution is 0.0691.